The van der Waals surface area contributed by atoms with Gasteiger partial charge in [0.1, 0.15) is 5.75 Å². The lowest BCUT2D eigenvalue weighted by Gasteiger charge is -2.30. The molecule has 3 aromatic rings. The van der Waals surface area contributed by atoms with Gasteiger partial charge in [-0.3, -0.25) is 0 Å². The van der Waals surface area contributed by atoms with E-state index in [1.165, 1.54) is 4.31 Å². The maximum absolute atomic E-state index is 13.4. The van der Waals surface area contributed by atoms with Crippen LogP contribution in [0.1, 0.15) is 22.3 Å². The highest BCUT2D eigenvalue weighted by atomic mass is 32.2. The first-order chi connectivity index (χ1) is 14.9. The molecule has 5 heteroatoms. The highest BCUT2D eigenvalue weighted by Gasteiger charge is 2.31. The number of fused-ring (bicyclic) bond motifs is 1. The molecule has 0 atom stereocenters. The highest BCUT2D eigenvalue weighted by molar-refractivity contribution is 7.89. The third kappa shape index (κ3) is 4.33. The van der Waals surface area contributed by atoms with Gasteiger partial charge in [-0.1, -0.05) is 60.7 Å². The molecule has 0 unspecified atom stereocenters. The molecule has 4 nitrogen and oxygen atoms in total. The number of allylic oxidation sites excluding steroid dienone is 2. The largest absolute Gasteiger partial charge is 0.497 e. The standard InChI is InChI=1S/C26H25NO3S/c1-19-9-13-25(14-10-19)31(28,29)27-17-22-11-12-24(30-3)16-26(22)23(18-27)15-20(2)21-7-5-4-6-8-21/h4-16H,2,17-18H2,1,3H3/b23-15+. The first-order valence-electron chi connectivity index (χ1n) is 10.1. The molecule has 1 heterocycles. The van der Waals surface area contributed by atoms with Gasteiger partial charge < -0.3 is 4.74 Å². The van der Waals surface area contributed by atoms with Gasteiger partial charge in [0.15, 0.2) is 0 Å². The van der Waals surface area contributed by atoms with Crippen molar-refractivity contribution in [2.24, 2.45) is 0 Å². The molecule has 3 aromatic carbocycles. The Kier molecular flexibility index (Phi) is 5.81. The minimum absolute atomic E-state index is 0.266. The molecule has 0 fully saturated rings. The van der Waals surface area contributed by atoms with Gasteiger partial charge in [-0.2, -0.15) is 4.31 Å². The van der Waals surface area contributed by atoms with E-state index in [4.69, 9.17) is 4.74 Å². The molecule has 0 spiro atoms. The molecule has 0 saturated heterocycles. The Morgan fingerprint density at radius 3 is 2.39 bits per heavy atom. The average Bonchev–Trinajstić information content (AvgIpc) is 2.79. The minimum Gasteiger partial charge on any atom is -0.497 e. The van der Waals surface area contributed by atoms with Gasteiger partial charge in [0.25, 0.3) is 0 Å². The number of methoxy groups -OCH3 is 1. The van der Waals surface area contributed by atoms with E-state index < -0.39 is 10.0 Å². The van der Waals surface area contributed by atoms with Crippen LogP contribution in [0.4, 0.5) is 0 Å². The van der Waals surface area contributed by atoms with Crippen LogP contribution in [0.3, 0.4) is 0 Å². The normalized spacial score (nSPS) is 15.5. The number of ether oxygens (including phenoxy) is 1. The molecule has 0 saturated carbocycles. The molecular weight excluding hydrogens is 406 g/mol. The summed E-state index contributed by atoms with van der Waals surface area (Å²) in [5.41, 5.74) is 5.68. The number of hydrogen-bond acceptors (Lipinski definition) is 3. The van der Waals surface area contributed by atoms with Gasteiger partial charge in [0.2, 0.25) is 10.0 Å². The van der Waals surface area contributed by atoms with Gasteiger partial charge in [-0.25, -0.2) is 8.42 Å². The molecular formula is C26H25NO3S. The average molecular weight is 432 g/mol. The summed E-state index contributed by atoms with van der Waals surface area (Å²) in [6.45, 7) is 6.73. The third-order valence-electron chi connectivity index (χ3n) is 5.51. The lowest BCUT2D eigenvalue weighted by molar-refractivity contribution is 0.411. The van der Waals surface area contributed by atoms with Crippen molar-refractivity contribution >= 4 is 21.2 Å². The topological polar surface area (TPSA) is 46.6 Å². The molecule has 0 amide bonds. The second-order valence-corrected chi connectivity index (χ2v) is 9.61. The van der Waals surface area contributed by atoms with E-state index in [0.717, 1.165) is 39.1 Å². The van der Waals surface area contributed by atoms with E-state index >= 15 is 0 Å². The SMILES string of the molecule is C=C(/C=C1\CN(S(=O)(=O)c2ccc(C)cc2)Cc2ccc(OC)cc21)c1ccccc1. The van der Waals surface area contributed by atoms with Crippen molar-refractivity contribution in [1.82, 2.24) is 4.31 Å². The van der Waals surface area contributed by atoms with E-state index in [1.54, 1.807) is 19.2 Å². The summed E-state index contributed by atoms with van der Waals surface area (Å²) in [6, 6.07) is 22.6. The smallest absolute Gasteiger partial charge is 0.243 e. The molecule has 1 aliphatic rings. The Labute approximate surface area is 184 Å². The Bertz CT molecular complexity index is 1240. The van der Waals surface area contributed by atoms with Crippen molar-refractivity contribution < 1.29 is 13.2 Å². The van der Waals surface area contributed by atoms with Gasteiger partial charge in [-0.15, -0.1) is 0 Å². The van der Waals surface area contributed by atoms with Gasteiger partial charge in [0, 0.05) is 13.1 Å². The summed E-state index contributed by atoms with van der Waals surface area (Å²) in [5.74, 6) is 0.741. The second-order valence-electron chi connectivity index (χ2n) is 7.67. The van der Waals surface area contributed by atoms with Crippen LogP contribution in [0.2, 0.25) is 0 Å². The van der Waals surface area contributed by atoms with Crippen molar-refractivity contribution in [1.29, 1.82) is 0 Å². The fourth-order valence-corrected chi connectivity index (χ4v) is 5.14. The molecule has 0 N–H and O–H groups in total. The number of sulfonamides is 1. The van der Waals surface area contributed by atoms with Crippen molar-refractivity contribution in [3.8, 4) is 5.75 Å². The quantitative estimate of drug-likeness (QED) is 0.550. The summed E-state index contributed by atoms with van der Waals surface area (Å²) in [4.78, 5) is 0.302. The van der Waals surface area contributed by atoms with E-state index in [-0.39, 0.29) is 6.54 Å². The summed E-state index contributed by atoms with van der Waals surface area (Å²) < 4.78 is 33.7. The maximum Gasteiger partial charge on any atom is 0.243 e. The maximum atomic E-state index is 13.4. The van der Waals surface area contributed by atoms with Crippen LogP contribution in [0.15, 0.2) is 90.3 Å². The van der Waals surface area contributed by atoms with Crippen molar-refractivity contribution in [3.05, 3.63) is 108 Å². The first-order valence-corrected chi connectivity index (χ1v) is 11.5. The zero-order chi connectivity index (χ0) is 22.0. The van der Waals surface area contributed by atoms with Crippen LogP contribution < -0.4 is 4.74 Å². The van der Waals surface area contributed by atoms with Crippen LogP contribution in [0.5, 0.6) is 5.75 Å². The van der Waals surface area contributed by atoms with Crippen LogP contribution in [0, 0.1) is 6.92 Å². The van der Waals surface area contributed by atoms with Crippen molar-refractivity contribution in [3.63, 3.8) is 0 Å². The molecule has 0 aromatic heterocycles. The second kappa shape index (κ2) is 8.53. The number of hydrogen-bond donors (Lipinski definition) is 0. The molecule has 158 valence electrons. The van der Waals surface area contributed by atoms with Gasteiger partial charge in [0.05, 0.1) is 12.0 Å². The lowest BCUT2D eigenvalue weighted by Crippen LogP contribution is -2.35. The molecule has 4 rings (SSSR count). The molecule has 0 bridgehead atoms. The van der Waals surface area contributed by atoms with E-state index in [1.807, 2.05) is 73.7 Å². The number of rotatable bonds is 5. The molecule has 1 aliphatic heterocycles. The fraction of sp³-hybridized carbons (Fsp3) is 0.154. The summed E-state index contributed by atoms with van der Waals surface area (Å²) >= 11 is 0. The minimum atomic E-state index is -3.64. The van der Waals surface area contributed by atoms with Gasteiger partial charge in [-0.05, 0) is 65.1 Å². The van der Waals surface area contributed by atoms with Crippen LogP contribution in [0.25, 0.3) is 11.1 Å². The van der Waals surface area contributed by atoms with Crippen LogP contribution in [-0.2, 0) is 16.6 Å². The zero-order valence-corrected chi connectivity index (χ0v) is 18.5. The molecule has 0 aliphatic carbocycles. The number of benzene rings is 3. The van der Waals surface area contributed by atoms with E-state index in [9.17, 15) is 8.42 Å². The predicted molar refractivity (Wildman–Crippen MR) is 125 cm³/mol. The van der Waals surface area contributed by atoms with E-state index in [2.05, 4.69) is 6.58 Å². The van der Waals surface area contributed by atoms with E-state index in [0.29, 0.717) is 11.4 Å². The Balaban J connectivity index is 1.77. The Morgan fingerprint density at radius 1 is 1.00 bits per heavy atom. The number of aryl methyl sites for hydroxylation is 1. The molecule has 31 heavy (non-hydrogen) atoms. The van der Waals surface area contributed by atoms with Crippen molar-refractivity contribution in [2.75, 3.05) is 13.7 Å². The predicted octanol–water partition coefficient (Wildman–Crippen LogP) is 5.30. The zero-order valence-electron chi connectivity index (χ0n) is 17.7. The third-order valence-corrected chi connectivity index (χ3v) is 7.31. The van der Waals surface area contributed by atoms with Crippen molar-refractivity contribution in [2.45, 2.75) is 18.4 Å². The Hall–Kier alpha value is -3.15. The Morgan fingerprint density at radius 2 is 1.71 bits per heavy atom. The first kappa shape index (κ1) is 21.1. The summed E-state index contributed by atoms with van der Waals surface area (Å²) in [5, 5.41) is 0. The van der Waals surface area contributed by atoms with Crippen LogP contribution >= 0.6 is 0 Å². The summed E-state index contributed by atoms with van der Waals surface area (Å²) in [7, 11) is -2.01. The lowest BCUT2D eigenvalue weighted by atomic mass is 9.93. The monoisotopic (exact) mass is 431 g/mol. The van der Waals surface area contributed by atoms with Gasteiger partial charge >= 0.3 is 0 Å². The highest BCUT2D eigenvalue weighted by Crippen LogP contribution is 2.35. The number of nitrogens with zero attached hydrogens (tertiary/aromatic N) is 1. The van der Waals surface area contributed by atoms with Crippen LogP contribution in [-0.4, -0.2) is 26.4 Å². The molecule has 0 radical (unpaired) electrons. The summed E-state index contributed by atoms with van der Waals surface area (Å²) in [6.07, 6.45) is 1.98. The fourth-order valence-electron chi connectivity index (χ4n) is 3.74.